The van der Waals surface area contributed by atoms with Gasteiger partial charge in [0.1, 0.15) is 27.1 Å². The Hall–Kier alpha value is -1.82. The predicted molar refractivity (Wildman–Crippen MR) is 117 cm³/mol. The number of hydrogen-bond donors (Lipinski definition) is 0. The zero-order valence-corrected chi connectivity index (χ0v) is 18.1. The van der Waals surface area contributed by atoms with Gasteiger partial charge in [0.15, 0.2) is 0 Å². The molecule has 0 radical (unpaired) electrons. The fourth-order valence-corrected chi connectivity index (χ4v) is 5.21. The van der Waals surface area contributed by atoms with Crippen LogP contribution in [0.15, 0.2) is 102 Å². The summed E-state index contributed by atoms with van der Waals surface area (Å²) in [6, 6.07) is 32.5. The Morgan fingerprint density at radius 3 is 1.00 bits per heavy atom. The summed E-state index contributed by atoms with van der Waals surface area (Å²) >= 11 is 1.50. The van der Waals surface area contributed by atoms with Crippen molar-refractivity contribution in [1.29, 1.82) is 0 Å². The average Bonchev–Trinajstić information content (AvgIpc) is 2.72. The van der Waals surface area contributed by atoms with Gasteiger partial charge in [0.25, 0.3) is 0 Å². The quantitative estimate of drug-likeness (QED) is 0.194. The summed E-state index contributed by atoms with van der Waals surface area (Å²) in [7, 11) is -0.877. The van der Waals surface area contributed by atoms with Crippen LogP contribution >= 0.6 is 7.92 Å². The zero-order chi connectivity index (χ0) is 19.7. The second-order valence-electron chi connectivity index (χ2n) is 5.22. The van der Waals surface area contributed by atoms with Crippen molar-refractivity contribution in [3.05, 3.63) is 116 Å². The fraction of sp³-hybridized carbons (Fsp3) is 0.0435. The molecule has 0 saturated heterocycles. The molecule has 0 atom stereocenters. The van der Waals surface area contributed by atoms with Gasteiger partial charge in [-0.25, -0.2) is 0 Å². The van der Waals surface area contributed by atoms with E-state index >= 15 is 0 Å². The maximum absolute atomic E-state index is 7.50. The summed E-state index contributed by atoms with van der Waals surface area (Å²) < 4.78 is 15.0. The van der Waals surface area contributed by atoms with Gasteiger partial charge < -0.3 is 0 Å². The summed E-state index contributed by atoms with van der Waals surface area (Å²) in [5, 5.41) is 6.46. The normalized spacial score (nSPS) is 10.2. The van der Waals surface area contributed by atoms with Gasteiger partial charge in [-0.05, 0) is 36.4 Å². The summed E-state index contributed by atoms with van der Waals surface area (Å²) in [6.45, 7) is 9.00. The third-order valence-corrected chi connectivity index (χ3v) is 7.18. The first-order chi connectivity index (χ1) is 13.4. The van der Waals surface area contributed by atoms with Gasteiger partial charge in [-0.2, -0.15) is 0 Å². The van der Waals surface area contributed by atoms with Crippen molar-refractivity contribution in [3.63, 3.8) is 0 Å². The molecule has 0 fully saturated rings. The third-order valence-electron chi connectivity index (χ3n) is 3.61. The molecule has 0 spiro atoms. The molecule has 28 heavy (non-hydrogen) atoms. The van der Waals surface area contributed by atoms with E-state index < -0.39 is 7.92 Å². The minimum Gasteiger partial charge on any atom is -0.0620 e. The summed E-state index contributed by atoms with van der Waals surface area (Å²) in [4.78, 5) is 0. The molecular formula is C23H21FeO2PS+4. The van der Waals surface area contributed by atoms with Crippen LogP contribution in [-0.2, 0) is 38.1 Å². The van der Waals surface area contributed by atoms with Crippen LogP contribution in [0.25, 0.3) is 0 Å². The van der Waals surface area contributed by atoms with Gasteiger partial charge in [0, 0.05) is 17.8 Å². The Balaban J connectivity index is 0.000000696. The summed E-state index contributed by atoms with van der Waals surface area (Å²) in [5.41, 5.74) is 0. The molecule has 5 heteroatoms. The standard InChI is InChI=1S/C18H15P.C3H4S.2CO.Fe/c1-4-10-16(11-5-1)19(17-12-6-2-7-13-17)18-14-8-3-9-15-18;1-2-4-3-1;2*1-2;/h1-15H;1-2H,3H2;;;/q;;;;+2/p+2. The van der Waals surface area contributed by atoms with E-state index in [4.69, 9.17) is 9.30 Å². The number of hydrogen-bond acceptors (Lipinski definition) is 0. The van der Waals surface area contributed by atoms with Crippen molar-refractivity contribution < 1.29 is 26.4 Å². The third kappa shape index (κ3) is 8.91. The van der Waals surface area contributed by atoms with Gasteiger partial charge in [-0.1, -0.05) is 54.6 Å². The van der Waals surface area contributed by atoms with Crippen molar-refractivity contribution in [2.45, 2.75) is 0 Å². The van der Waals surface area contributed by atoms with E-state index in [0.29, 0.717) is 0 Å². The van der Waals surface area contributed by atoms with Gasteiger partial charge >= 0.3 is 39.7 Å². The van der Waals surface area contributed by atoms with Crippen LogP contribution in [0.3, 0.4) is 0 Å². The van der Waals surface area contributed by atoms with E-state index in [9.17, 15) is 0 Å². The van der Waals surface area contributed by atoms with Gasteiger partial charge in [0.05, 0.1) is 7.92 Å². The summed E-state index contributed by atoms with van der Waals surface area (Å²) in [6.07, 6.45) is 2.17. The Morgan fingerprint density at radius 2 is 0.821 bits per heavy atom. The Kier molecular flexibility index (Phi) is 16.2. The topological polar surface area (TPSA) is 39.8 Å². The largest absolute Gasteiger partial charge is 2.00 e. The minimum absolute atomic E-state index is 0. The van der Waals surface area contributed by atoms with E-state index in [2.05, 4.69) is 116 Å². The molecule has 140 valence electrons. The monoisotopic (exact) mass is 448 g/mol. The first-order valence-electron chi connectivity index (χ1n) is 8.21. The van der Waals surface area contributed by atoms with Gasteiger partial charge in [0.2, 0.25) is 0 Å². The van der Waals surface area contributed by atoms with E-state index in [1.54, 1.807) is 0 Å². The number of benzene rings is 3. The molecule has 0 aromatic heterocycles. The van der Waals surface area contributed by atoms with Crippen LogP contribution in [0.5, 0.6) is 0 Å². The SMILES string of the molecule is C1=C[SH+]C1.[C-]#[O+].[C-]#[O+].[Fe+2].c1ccc([PH+](c2ccccc2)c2ccccc2)cc1. The molecule has 1 aliphatic rings. The molecule has 0 amide bonds. The second-order valence-corrected chi connectivity index (χ2v) is 8.73. The second kappa shape index (κ2) is 17.3. The molecule has 1 heterocycles. The molecule has 3 aromatic rings. The van der Waals surface area contributed by atoms with Crippen LogP contribution in [0, 0.1) is 13.3 Å². The molecular weight excluding hydrogens is 427 g/mol. The van der Waals surface area contributed by atoms with Gasteiger partial charge in [-0.15, -0.1) is 0 Å². The maximum Gasteiger partial charge on any atom is 2.00 e. The van der Waals surface area contributed by atoms with E-state index in [0.717, 1.165) is 0 Å². The van der Waals surface area contributed by atoms with Crippen molar-refractivity contribution >= 4 is 35.6 Å². The Bertz CT molecular complexity index is 716. The minimum atomic E-state index is -0.877. The van der Waals surface area contributed by atoms with Crippen molar-refractivity contribution in [1.82, 2.24) is 0 Å². The molecule has 4 rings (SSSR count). The molecule has 0 unspecified atom stereocenters. The van der Waals surface area contributed by atoms with Crippen LogP contribution in [0.1, 0.15) is 0 Å². The number of thiol groups is 1. The number of rotatable bonds is 3. The van der Waals surface area contributed by atoms with Crippen LogP contribution < -0.4 is 15.9 Å². The molecule has 2 nitrogen and oxygen atoms in total. The van der Waals surface area contributed by atoms with E-state index in [1.807, 2.05) is 0 Å². The van der Waals surface area contributed by atoms with Crippen molar-refractivity contribution in [3.8, 4) is 0 Å². The predicted octanol–water partition coefficient (Wildman–Crippen LogP) is 3.43. The zero-order valence-electron chi connectivity index (χ0n) is 15.1. The molecule has 0 N–H and O–H groups in total. The first kappa shape index (κ1) is 26.2. The van der Waals surface area contributed by atoms with Crippen LogP contribution in [-0.4, -0.2) is 5.75 Å². The van der Waals surface area contributed by atoms with E-state index in [1.165, 1.54) is 33.4 Å². The molecule has 0 saturated carbocycles. The molecule has 3 aromatic carbocycles. The molecule has 1 aliphatic heterocycles. The van der Waals surface area contributed by atoms with Gasteiger partial charge in [-0.3, -0.25) is 0 Å². The van der Waals surface area contributed by atoms with Crippen LogP contribution in [0.4, 0.5) is 0 Å². The smallest absolute Gasteiger partial charge is 0.0620 e. The Labute approximate surface area is 183 Å². The van der Waals surface area contributed by atoms with E-state index in [-0.39, 0.29) is 17.1 Å². The molecule has 0 bridgehead atoms. The fourth-order valence-electron chi connectivity index (χ4n) is 2.42. The maximum atomic E-state index is 7.50. The van der Waals surface area contributed by atoms with Crippen molar-refractivity contribution in [2.75, 3.05) is 5.75 Å². The Morgan fingerprint density at radius 1 is 0.607 bits per heavy atom. The average molecular weight is 448 g/mol. The van der Waals surface area contributed by atoms with Crippen molar-refractivity contribution in [2.24, 2.45) is 0 Å². The summed E-state index contributed by atoms with van der Waals surface area (Å²) in [5.74, 6) is 1.29. The molecule has 0 aliphatic carbocycles. The first-order valence-corrected chi connectivity index (χ1v) is 10.9. The van der Waals surface area contributed by atoms with Crippen LogP contribution in [0.2, 0.25) is 0 Å².